The molecule has 1 heterocycles. The Balaban J connectivity index is 2.33. The van der Waals surface area contributed by atoms with E-state index in [0.29, 0.717) is 5.92 Å². The van der Waals surface area contributed by atoms with Crippen molar-refractivity contribution in [3.05, 3.63) is 51.3 Å². The molecule has 0 aliphatic rings. The Hall–Kier alpha value is -1.13. The molecule has 0 bridgehead atoms. The van der Waals surface area contributed by atoms with Crippen LogP contribution in [0.5, 0.6) is 0 Å². The van der Waals surface area contributed by atoms with Crippen molar-refractivity contribution in [3.8, 4) is 0 Å². The summed E-state index contributed by atoms with van der Waals surface area (Å²) in [5, 5.41) is 7.80. The molecule has 0 saturated heterocycles. The van der Waals surface area contributed by atoms with Gasteiger partial charge in [-0.05, 0) is 54.4 Å². The number of likely N-dealkylation sites (N-methyl/N-ethyl adjacent to an activating group) is 1. The van der Waals surface area contributed by atoms with Crippen LogP contribution in [-0.2, 0) is 13.5 Å². The largest absolute Gasteiger partial charge is 0.319 e. The quantitative estimate of drug-likeness (QED) is 0.908. The molecular weight excluding hydrogens is 314 g/mol. The maximum absolute atomic E-state index is 4.49. The van der Waals surface area contributed by atoms with E-state index in [1.807, 2.05) is 25.7 Å². The fourth-order valence-corrected chi connectivity index (χ4v) is 3.22. The molecule has 2 aromatic rings. The van der Waals surface area contributed by atoms with Crippen molar-refractivity contribution < 1.29 is 0 Å². The van der Waals surface area contributed by atoms with Gasteiger partial charge in [-0.2, -0.15) is 5.10 Å². The zero-order valence-electron chi connectivity index (χ0n) is 12.6. The second-order valence-electron chi connectivity index (χ2n) is 5.29. The molecule has 0 radical (unpaired) electrons. The Kier molecular flexibility index (Phi) is 5.00. The molecule has 0 fully saturated rings. The monoisotopic (exact) mass is 335 g/mol. The van der Waals surface area contributed by atoms with E-state index < -0.39 is 0 Å². The van der Waals surface area contributed by atoms with Crippen LogP contribution >= 0.6 is 15.9 Å². The molecule has 0 aliphatic heterocycles. The van der Waals surface area contributed by atoms with Crippen LogP contribution in [0.2, 0.25) is 0 Å². The van der Waals surface area contributed by atoms with Gasteiger partial charge in [-0.25, -0.2) is 0 Å². The van der Waals surface area contributed by atoms with Gasteiger partial charge in [-0.1, -0.05) is 24.3 Å². The van der Waals surface area contributed by atoms with Crippen molar-refractivity contribution in [1.29, 1.82) is 0 Å². The van der Waals surface area contributed by atoms with E-state index in [9.17, 15) is 0 Å². The van der Waals surface area contributed by atoms with Crippen LogP contribution in [0, 0.1) is 13.8 Å². The first-order valence-electron chi connectivity index (χ1n) is 6.92. The van der Waals surface area contributed by atoms with Crippen molar-refractivity contribution >= 4 is 15.9 Å². The summed E-state index contributed by atoms with van der Waals surface area (Å²) in [7, 11) is 4.02. The highest BCUT2D eigenvalue weighted by atomic mass is 79.9. The van der Waals surface area contributed by atoms with Crippen LogP contribution < -0.4 is 5.32 Å². The van der Waals surface area contributed by atoms with Crippen molar-refractivity contribution in [3.63, 3.8) is 0 Å². The lowest BCUT2D eigenvalue weighted by atomic mass is 9.90. The van der Waals surface area contributed by atoms with Gasteiger partial charge in [0.15, 0.2) is 0 Å². The van der Waals surface area contributed by atoms with E-state index in [1.54, 1.807) is 0 Å². The normalized spacial score (nSPS) is 12.7. The number of nitrogens with one attached hydrogen (secondary N) is 1. The minimum atomic E-state index is 0.451. The first kappa shape index (κ1) is 15.3. The summed E-state index contributed by atoms with van der Waals surface area (Å²) >= 11 is 3.67. The maximum atomic E-state index is 4.49. The summed E-state index contributed by atoms with van der Waals surface area (Å²) in [6.07, 6.45) is 0.976. The van der Waals surface area contributed by atoms with Gasteiger partial charge in [0, 0.05) is 19.5 Å². The summed E-state index contributed by atoms with van der Waals surface area (Å²) in [5.74, 6) is 0.451. The molecule has 0 amide bonds. The summed E-state index contributed by atoms with van der Waals surface area (Å²) in [5.41, 5.74) is 5.07. The number of rotatable bonds is 5. The summed E-state index contributed by atoms with van der Waals surface area (Å²) in [6, 6.07) is 8.63. The maximum Gasteiger partial charge on any atom is 0.0738 e. The highest BCUT2D eigenvalue weighted by Crippen LogP contribution is 2.28. The SMILES string of the molecule is CNCC(Cc1c(Br)c(C)nn1C)c1ccccc1C. The molecule has 3 nitrogen and oxygen atoms in total. The average Bonchev–Trinajstić information content (AvgIpc) is 2.65. The van der Waals surface area contributed by atoms with E-state index in [1.165, 1.54) is 16.8 Å². The highest BCUT2D eigenvalue weighted by Gasteiger charge is 2.19. The van der Waals surface area contributed by atoms with Crippen LogP contribution in [0.15, 0.2) is 28.7 Å². The van der Waals surface area contributed by atoms with Gasteiger partial charge in [-0.15, -0.1) is 0 Å². The predicted octanol–water partition coefficient (Wildman–Crippen LogP) is 3.35. The van der Waals surface area contributed by atoms with Gasteiger partial charge in [0.25, 0.3) is 0 Å². The first-order chi connectivity index (χ1) is 9.54. The van der Waals surface area contributed by atoms with Gasteiger partial charge >= 0.3 is 0 Å². The minimum Gasteiger partial charge on any atom is -0.319 e. The predicted molar refractivity (Wildman–Crippen MR) is 87.2 cm³/mol. The molecule has 1 unspecified atom stereocenters. The molecule has 1 atom stereocenters. The van der Waals surface area contributed by atoms with E-state index in [2.05, 4.69) is 57.5 Å². The van der Waals surface area contributed by atoms with Crippen LogP contribution in [0.1, 0.15) is 28.4 Å². The van der Waals surface area contributed by atoms with Gasteiger partial charge in [0.1, 0.15) is 0 Å². The molecule has 4 heteroatoms. The van der Waals surface area contributed by atoms with Crippen molar-refractivity contribution in [2.75, 3.05) is 13.6 Å². The Morgan fingerprint density at radius 2 is 2.00 bits per heavy atom. The van der Waals surface area contributed by atoms with Crippen LogP contribution in [0.4, 0.5) is 0 Å². The summed E-state index contributed by atoms with van der Waals surface area (Å²) < 4.78 is 3.12. The summed E-state index contributed by atoms with van der Waals surface area (Å²) in [6.45, 7) is 5.18. The second kappa shape index (κ2) is 6.55. The highest BCUT2D eigenvalue weighted by molar-refractivity contribution is 9.10. The fraction of sp³-hybridized carbons (Fsp3) is 0.438. The average molecular weight is 336 g/mol. The van der Waals surface area contributed by atoms with E-state index in [-0.39, 0.29) is 0 Å². The molecule has 108 valence electrons. The Morgan fingerprint density at radius 3 is 2.55 bits per heavy atom. The van der Waals surface area contributed by atoms with Crippen LogP contribution in [0.25, 0.3) is 0 Å². The fourth-order valence-electron chi connectivity index (χ4n) is 2.72. The Labute approximate surface area is 129 Å². The molecule has 0 spiro atoms. The first-order valence-corrected chi connectivity index (χ1v) is 7.72. The zero-order valence-corrected chi connectivity index (χ0v) is 14.2. The van der Waals surface area contributed by atoms with E-state index in [4.69, 9.17) is 0 Å². The Bertz CT molecular complexity index is 589. The molecular formula is C16H22BrN3. The minimum absolute atomic E-state index is 0.451. The molecule has 1 N–H and O–H groups in total. The van der Waals surface area contributed by atoms with Crippen molar-refractivity contribution in [1.82, 2.24) is 15.1 Å². The van der Waals surface area contributed by atoms with Gasteiger partial charge in [0.2, 0.25) is 0 Å². The number of hydrogen-bond acceptors (Lipinski definition) is 2. The second-order valence-corrected chi connectivity index (χ2v) is 6.08. The molecule has 0 saturated carbocycles. The zero-order chi connectivity index (χ0) is 14.7. The number of benzene rings is 1. The van der Waals surface area contributed by atoms with Crippen LogP contribution in [0.3, 0.4) is 0 Å². The summed E-state index contributed by atoms with van der Waals surface area (Å²) in [4.78, 5) is 0. The molecule has 20 heavy (non-hydrogen) atoms. The van der Waals surface area contributed by atoms with Crippen molar-refractivity contribution in [2.45, 2.75) is 26.2 Å². The molecule has 1 aromatic heterocycles. The lowest BCUT2D eigenvalue weighted by Gasteiger charge is -2.19. The number of nitrogens with zero attached hydrogens (tertiary/aromatic N) is 2. The molecule has 2 rings (SSSR count). The number of hydrogen-bond donors (Lipinski definition) is 1. The topological polar surface area (TPSA) is 29.9 Å². The third-order valence-electron chi connectivity index (χ3n) is 3.78. The third-order valence-corrected chi connectivity index (χ3v) is 4.81. The Morgan fingerprint density at radius 1 is 1.30 bits per heavy atom. The van der Waals surface area contributed by atoms with Gasteiger partial charge < -0.3 is 5.32 Å². The van der Waals surface area contributed by atoms with Gasteiger partial charge in [0.05, 0.1) is 15.9 Å². The molecule has 0 aliphatic carbocycles. The van der Waals surface area contributed by atoms with Crippen molar-refractivity contribution in [2.24, 2.45) is 7.05 Å². The number of aromatic nitrogens is 2. The van der Waals surface area contributed by atoms with E-state index in [0.717, 1.165) is 23.1 Å². The number of aryl methyl sites for hydroxylation is 3. The van der Waals surface area contributed by atoms with Crippen LogP contribution in [-0.4, -0.2) is 23.4 Å². The third kappa shape index (κ3) is 3.13. The lowest BCUT2D eigenvalue weighted by molar-refractivity contribution is 0.587. The smallest absolute Gasteiger partial charge is 0.0738 e. The number of halogens is 1. The molecule has 1 aromatic carbocycles. The van der Waals surface area contributed by atoms with Gasteiger partial charge in [-0.3, -0.25) is 4.68 Å². The standard InChI is InChI=1S/C16H22BrN3/c1-11-7-5-6-8-14(11)13(10-18-3)9-15-16(17)12(2)19-20(15)4/h5-8,13,18H,9-10H2,1-4H3. The lowest BCUT2D eigenvalue weighted by Crippen LogP contribution is -2.21. The van der Waals surface area contributed by atoms with E-state index >= 15 is 0 Å².